The fourth-order valence-corrected chi connectivity index (χ4v) is 2.94. The molecule has 5 nitrogen and oxygen atoms in total. The Morgan fingerprint density at radius 3 is 2.86 bits per heavy atom. The molecule has 2 rings (SSSR count). The van der Waals surface area contributed by atoms with Crippen LogP contribution in [0.5, 0.6) is 0 Å². The molecule has 0 unspecified atom stereocenters. The standard InChI is InChI=1S/C15H21N3O2S/c1-11(2)18(8-5-9-19)10-14(20)17-15-16-12-6-3-4-7-13(12)21-15/h3-4,6-7,11,19H,5,8-10H2,1-2H3,(H,16,17,20). The lowest BCUT2D eigenvalue weighted by Crippen LogP contribution is -2.38. The Balaban J connectivity index is 1.96. The number of benzene rings is 1. The molecule has 1 aromatic carbocycles. The van der Waals surface area contributed by atoms with Gasteiger partial charge in [0.25, 0.3) is 0 Å². The van der Waals surface area contributed by atoms with E-state index in [1.807, 2.05) is 43.0 Å². The summed E-state index contributed by atoms with van der Waals surface area (Å²) in [5.74, 6) is -0.0688. The Bertz CT molecular complexity index is 564. The number of rotatable bonds is 7. The minimum atomic E-state index is -0.0688. The number of nitrogens with zero attached hydrogens (tertiary/aromatic N) is 2. The first-order valence-electron chi connectivity index (χ1n) is 7.10. The smallest absolute Gasteiger partial charge is 0.240 e. The van der Waals surface area contributed by atoms with E-state index in [1.54, 1.807) is 0 Å². The van der Waals surface area contributed by atoms with Crippen molar-refractivity contribution in [2.75, 3.05) is 25.0 Å². The molecule has 0 aliphatic carbocycles. The maximum Gasteiger partial charge on any atom is 0.240 e. The number of hydrogen-bond acceptors (Lipinski definition) is 5. The zero-order valence-electron chi connectivity index (χ0n) is 12.4. The monoisotopic (exact) mass is 307 g/mol. The predicted octanol–water partition coefficient (Wildman–Crippen LogP) is 2.33. The molecule has 2 aromatic rings. The molecule has 0 saturated heterocycles. The van der Waals surface area contributed by atoms with Gasteiger partial charge in [0.05, 0.1) is 16.8 Å². The average molecular weight is 307 g/mol. The van der Waals surface area contributed by atoms with E-state index in [1.165, 1.54) is 11.3 Å². The number of carbonyl (C=O) groups is 1. The highest BCUT2D eigenvalue weighted by atomic mass is 32.1. The summed E-state index contributed by atoms with van der Waals surface area (Å²) in [6.45, 7) is 5.25. The fourth-order valence-electron chi connectivity index (χ4n) is 2.06. The number of para-hydroxylation sites is 1. The molecule has 2 N–H and O–H groups in total. The van der Waals surface area contributed by atoms with Gasteiger partial charge in [-0.1, -0.05) is 23.5 Å². The number of amides is 1. The Kier molecular flexibility index (Phi) is 5.67. The van der Waals surface area contributed by atoms with E-state index in [9.17, 15) is 4.79 Å². The minimum Gasteiger partial charge on any atom is -0.396 e. The summed E-state index contributed by atoms with van der Waals surface area (Å²) >= 11 is 1.48. The Hall–Kier alpha value is -1.50. The summed E-state index contributed by atoms with van der Waals surface area (Å²) in [4.78, 5) is 18.6. The normalized spacial score (nSPS) is 11.5. The zero-order chi connectivity index (χ0) is 15.2. The summed E-state index contributed by atoms with van der Waals surface area (Å²) in [6.07, 6.45) is 0.673. The van der Waals surface area contributed by atoms with Crippen LogP contribution in [0, 0.1) is 0 Å². The van der Waals surface area contributed by atoms with Crippen LogP contribution in [-0.2, 0) is 4.79 Å². The van der Waals surface area contributed by atoms with Crippen molar-refractivity contribution in [2.45, 2.75) is 26.3 Å². The topological polar surface area (TPSA) is 65.5 Å². The van der Waals surface area contributed by atoms with E-state index in [2.05, 4.69) is 10.3 Å². The van der Waals surface area contributed by atoms with Crippen LogP contribution < -0.4 is 5.32 Å². The van der Waals surface area contributed by atoms with Gasteiger partial charge in [0, 0.05) is 19.2 Å². The van der Waals surface area contributed by atoms with Gasteiger partial charge in [-0.05, 0) is 32.4 Å². The van der Waals surface area contributed by atoms with Gasteiger partial charge in [0.1, 0.15) is 0 Å². The quantitative estimate of drug-likeness (QED) is 0.824. The lowest BCUT2D eigenvalue weighted by molar-refractivity contribution is -0.117. The van der Waals surface area contributed by atoms with E-state index in [4.69, 9.17) is 5.11 Å². The van der Waals surface area contributed by atoms with Crippen molar-refractivity contribution in [3.05, 3.63) is 24.3 Å². The van der Waals surface area contributed by atoms with Crippen LogP contribution in [-0.4, -0.2) is 46.6 Å². The van der Waals surface area contributed by atoms with Crippen LogP contribution >= 0.6 is 11.3 Å². The minimum absolute atomic E-state index is 0.0688. The zero-order valence-corrected chi connectivity index (χ0v) is 13.2. The van der Waals surface area contributed by atoms with Crippen molar-refractivity contribution < 1.29 is 9.90 Å². The van der Waals surface area contributed by atoms with Crippen molar-refractivity contribution in [1.29, 1.82) is 0 Å². The Morgan fingerprint density at radius 1 is 1.43 bits per heavy atom. The van der Waals surface area contributed by atoms with E-state index in [0.717, 1.165) is 10.2 Å². The summed E-state index contributed by atoms with van der Waals surface area (Å²) in [7, 11) is 0. The molecule has 0 saturated carbocycles. The van der Waals surface area contributed by atoms with Crippen molar-refractivity contribution >= 4 is 32.6 Å². The summed E-state index contributed by atoms with van der Waals surface area (Å²) in [6, 6.07) is 8.08. The number of aliphatic hydroxyl groups excluding tert-OH is 1. The average Bonchev–Trinajstić information content (AvgIpc) is 2.85. The molecule has 0 atom stereocenters. The van der Waals surface area contributed by atoms with E-state index in [0.29, 0.717) is 24.6 Å². The highest BCUT2D eigenvalue weighted by molar-refractivity contribution is 7.22. The van der Waals surface area contributed by atoms with Crippen LogP contribution in [0.4, 0.5) is 5.13 Å². The van der Waals surface area contributed by atoms with Crippen LogP contribution in [0.2, 0.25) is 0 Å². The van der Waals surface area contributed by atoms with Crippen LogP contribution in [0.3, 0.4) is 0 Å². The van der Waals surface area contributed by atoms with Crippen LogP contribution in [0.1, 0.15) is 20.3 Å². The van der Waals surface area contributed by atoms with Gasteiger partial charge in [0.15, 0.2) is 5.13 Å². The molecule has 0 radical (unpaired) electrons. The molecule has 21 heavy (non-hydrogen) atoms. The van der Waals surface area contributed by atoms with Crippen molar-refractivity contribution in [3.63, 3.8) is 0 Å². The molecule has 1 aromatic heterocycles. The Morgan fingerprint density at radius 2 is 2.19 bits per heavy atom. The maximum atomic E-state index is 12.1. The predicted molar refractivity (Wildman–Crippen MR) is 86.7 cm³/mol. The van der Waals surface area contributed by atoms with Gasteiger partial charge in [-0.2, -0.15) is 0 Å². The molecular formula is C15H21N3O2S. The number of anilines is 1. The highest BCUT2D eigenvalue weighted by Crippen LogP contribution is 2.25. The summed E-state index contributed by atoms with van der Waals surface area (Å²) in [5, 5.41) is 12.4. The van der Waals surface area contributed by atoms with Gasteiger partial charge >= 0.3 is 0 Å². The second kappa shape index (κ2) is 7.49. The summed E-state index contributed by atoms with van der Waals surface area (Å²) in [5.41, 5.74) is 0.902. The van der Waals surface area contributed by atoms with Crippen molar-refractivity contribution in [1.82, 2.24) is 9.88 Å². The molecule has 6 heteroatoms. The number of carbonyl (C=O) groups excluding carboxylic acids is 1. The molecule has 0 spiro atoms. The van der Waals surface area contributed by atoms with Crippen LogP contribution in [0.15, 0.2) is 24.3 Å². The number of fused-ring (bicyclic) bond motifs is 1. The molecule has 1 heterocycles. The lowest BCUT2D eigenvalue weighted by Gasteiger charge is -2.25. The molecule has 114 valence electrons. The maximum absolute atomic E-state index is 12.1. The number of hydrogen-bond donors (Lipinski definition) is 2. The molecular weight excluding hydrogens is 286 g/mol. The number of nitrogens with one attached hydrogen (secondary N) is 1. The molecule has 0 bridgehead atoms. The van der Waals surface area contributed by atoms with Gasteiger partial charge in [-0.25, -0.2) is 4.98 Å². The first-order chi connectivity index (χ1) is 10.1. The highest BCUT2D eigenvalue weighted by Gasteiger charge is 2.15. The van der Waals surface area contributed by atoms with Crippen molar-refractivity contribution in [3.8, 4) is 0 Å². The first kappa shape index (κ1) is 15.9. The second-order valence-corrected chi connectivity index (χ2v) is 6.21. The van der Waals surface area contributed by atoms with Gasteiger partial charge in [-0.3, -0.25) is 9.69 Å². The third-order valence-electron chi connectivity index (χ3n) is 3.22. The van der Waals surface area contributed by atoms with E-state index >= 15 is 0 Å². The lowest BCUT2D eigenvalue weighted by atomic mass is 10.3. The SMILES string of the molecule is CC(C)N(CCCO)CC(=O)Nc1nc2ccccc2s1. The molecule has 0 aliphatic heterocycles. The molecule has 0 aliphatic rings. The molecule has 1 amide bonds. The van der Waals surface area contributed by atoms with E-state index in [-0.39, 0.29) is 18.6 Å². The van der Waals surface area contributed by atoms with Gasteiger partial charge in [-0.15, -0.1) is 0 Å². The van der Waals surface area contributed by atoms with Gasteiger partial charge in [0.2, 0.25) is 5.91 Å². The van der Waals surface area contributed by atoms with E-state index < -0.39 is 0 Å². The Labute approximate surface area is 128 Å². The third-order valence-corrected chi connectivity index (χ3v) is 4.17. The summed E-state index contributed by atoms with van der Waals surface area (Å²) < 4.78 is 1.06. The van der Waals surface area contributed by atoms with Crippen molar-refractivity contribution in [2.24, 2.45) is 0 Å². The number of thiazole rings is 1. The number of aliphatic hydroxyl groups is 1. The second-order valence-electron chi connectivity index (χ2n) is 5.18. The van der Waals surface area contributed by atoms with Crippen LogP contribution in [0.25, 0.3) is 10.2 Å². The largest absolute Gasteiger partial charge is 0.396 e. The van der Waals surface area contributed by atoms with Gasteiger partial charge < -0.3 is 10.4 Å². The first-order valence-corrected chi connectivity index (χ1v) is 7.92. The third kappa shape index (κ3) is 4.49. The number of aromatic nitrogens is 1. The molecule has 0 fully saturated rings. The fraction of sp³-hybridized carbons (Fsp3) is 0.467.